The van der Waals surface area contributed by atoms with Crippen LogP contribution in [0.4, 0.5) is 11.4 Å². The zero-order valence-electron chi connectivity index (χ0n) is 10.8. The standard InChI is InChI=1S/C10H11N5O5S/c1-6-13-10(20-14-6)5-12-21(18,19)9-4-7(11)2-3-8(9)15(16)17/h2-4,12H,5,11H2,1H3. The van der Waals surface area contributed by atoms with Gasteiger partial charge in [0.1, 0.15) is 0 Å². The van der Waals surface area contributed by atoms with Crippen molar-refractivity contribution in [2.45, 2.75) is 18.4 Å². The molecule has 0 saturated heterocycles. The molecule has 1 heterocycles. The fraction of sp³-hybridized carbons (Fsp3) is 0.200. The molecule has 0 unspecified atom stereocenters. The predicted octanol–water partition coefficient (Wildman–Crippen LogP) is 0.347. The Bertz CT molecular complexity index is 785. The second-order valence-electron chi connectivity index (χ2n) is 4.04. The SMILES string of the molecule is Cc1noc(CNS(=O)(=O)c2cc(N)ccc2[N+](=O)[O-])n1. The highest BCUT2D eigenvalue weighted by molar-refractivity contribution is 7.89. The van der Waals surface area contributed by atoms with Crippen molar-refractivity contribution in [1.29, 1.82) is 0 Å². The number of aryl methyl sites for hydroxylation is 1. The van der Waals surface area contributed by atoms with Crippen LogP contribution in [0.1, 0.15) is 11.7 Å². The number of aromatic nitrogens is 2. The minimum Gasteiger partial charge on any atom is -0.399 e. The first-order chi connectivity index (χ1) is 9.79. The highest BCUT2D eigenvalue weighted by atomic mass is 32.2. The van der Waals surface area contributed by atoms with Crippen LogP contribution >= 0.6 is 0 Å². The minimum absolute atomic E-state index is 0.0441. The van der Waals surface area contributed by atoms with Gasteiger partial charge in [0.05, 0.1) is 11.5 Å². The van der Waals surface area contributed by atoms with Gasteiger partial charge in [0.2, 0.25) is 15.9 Å². The molecule has 11 heteroatoms. The molecule has 0 aliphatic rings. The zero-order valence-corrected chi connectivity index (χ0v) is 11.6. The predicted molar refractivity (Wildman–Crippen MR) is 70.6 cm³/mol. The fourth-order valence-electron chi connectivity index (χ4n) is 1.54. The number of hydrogen-bond acceptors (Lipinski definition) is 8. The Morgan fingerprint density at radius 2 is 2.19 bits per heavy atom. The maximum Gasteiger partial charge on any atom is 0.289 e. The number of nitro benzene ring substituents is 1. The summed E-state index contributed by atoms with van der Waals surface area (Å²) in [6.45, 7) is 1.29. The van der Waals surface area contributed by atoms with E-state index >= 15 is 0 Å². The van der Waals surface area contributed by atoms with Crippen LogP contribution in [-0.2, 0) is 16.6 Å². The van der Waals surface area contributed by atoms with E-state index in [9.17, 15) is 18.5 Å². The number of nitrogen functional groups attached to an aromatic ring is 1. The number of rotatable bonds is 5. The molecule has 1 aromatic carbocycles. The smallest absolute Gasteiger partial charge is 0.289 e. The van der Waals surface area contributed by atoms with Gasteiger partial charge in [-0.2, -0.15) is 4.98 Å². The highest BCUT2D eigenvalue weighted by Crippen LogP contribution is 2.25. The Morgan fingerprint density at radius 3 is 2.76 bits per heavy atom. The average Bonchev–Trinajstić information content (AvgIpc) is 2.82. The van der Waals surface area contributed by atoms with Crippen LogP contribution in [0.15, 0.2) is 27.6 Å². The summed E-state index contributed by atoms with van der Waals surface area (Å²) in [6.07, 6.45) is 0. The number of sulfonamides is 1. The van der Waals surface area contributed by atoms with Crippen molar-refractivity contribution in [1.82, 2.24) is 14.9 Å². The van der Waals surface area contributed by atoms with Gasteiger partial charge in [-0.05, 0) is 19.1 Å². The van der Waals surface area contributed by atoms with Gasteiger partial charge in [-0.15, -0.1) is 0 Å². The summed E-state index contributed by atoms with van der Waals surface area (Å²) in [4.78, 5) is 13.4. The third kappa shape index (κ3) is 3.32. The maximum absolute atomic E-state index is 12.1. The molecule has 0 atom stereocenters. The fourth-order valence-corrected chi connectivity index (χ4v) is 2.72. The van der Waals surface area contributed by atoms with E-state index in [0.29, 0.717) is 5.82 Å². The van der Waals surface area contributed by atoms with Crippen molar-refractivity contribution < 1.29 is 17.9 Å². The summed E-state index contributed by atoms with van der Waals surface area (Å²) in [5.74, 6) is 0.391. The first kappa shape index (κ1) is 14.9. The third-order valence-corrected chi connectivity index (χ3v) is 3.88. The molecular weight excluding hydrogens is 302 g/mol. The van der Waals surface area contributed by atoms with E-state index in [1.54, 1.807) is 6.92 Å². The number of benzene rings is 1. The van der Waals surface area contributed by atoms with Gasteiger partial charge < -0.3 is 10.3 Å². The summed E-state index contributed by atoms with van der Waals surface area (Å²) in [5, 5.41) is 14.4. The van der Waals surface area contributed by atoms with E-state index in [-0.39, 0.29) is 18.1 Å². The van der Waals surface area contributed by atoms with E-state index < -0.39 is 25.5 Å². The highest BCUT2D eigenvalue weighted by Gasteiger charge is 2.26. The Kier molecular flexibility index (Phi) is 3.86. The second-order valence-corrected chi connectivity index (χ2v) is 5.78. The van der Waals surface area contributed by atoms with E-state index in [2.05, 4.69) is 14.9 Å². The monoisotopic (exact) mass is 313 g/mol. The summed E-state index contributed by atoms with van der Waals surface area (Å²) >= 11 is 0. The number of nitro groups is 1. The molecule has 0 saturated carbocycles. The Balaban J connectivity index is 2.31. The largest absolute Gasteiger partial charge is 0.399 e. The number of nitrogens with two attached hydrogens (primary N) is 1. The molecule has 0 aliphatic heterocycles. The molecule has 1 aromatic heterocycles. The van der Waals surface area contributed by atoms with Crippen molar-refractivity contribution in [3.8, 4) is 0 Å². The number of anilines is 1. The van der Waals surface area contributed by atoms with E-state index in [1.807, 2.05) is 0 Å². The maximum atomic E-state index is 12.1. The van der Waals surface area contributed by atoms with E-state index in [0.717, 1.165) is 12.1 Å². The van der Waals surface area contributed by atoms with E-state index in [4.69, 9.17) is 10.3 Å². The molecule has 0 bridgehead atoms. The second kappa shape index (κ2) is 5.46. The van der Waals surface area contributed by atoms with Crippen LogP contribution in [0, 0.1) is 17.0 Å². The van der Waals surface area contributed by atoms with Crippen molar-refractivity contribution >= 4 is 21.4 Å². The molecule has 2 aromatic rings. The summed E-state index contributed by atoms with van der Waals surface area (Å²) in [5.41, 5.74) is 5.00. The Morgan fingerprint density at radius 1 is 1.48 bits per heavy atom. The van der Waals surface area contributed by atoms with Gasteiger partial charge in [-0.25, -0.2) is 13.1 Å². The van der Waals surface area contributed by atoms with Crippen LogP contribution < -0.4 is 10.5 Å². The molecule has 0 fully saturated rings. The molecule has 10 nitrogen and oxygen atoms in total. The van der Waals surface area contributed by atoms with Crippen LogP contribution in [0.5, 0.6) is 0 Å². The summed E-state index contributed by atoms with van der Waals surface area (Å²) in [7, 11) is -4.15. The minimum atomic E-state index is -4.15. The zero-order chi connectivity index (χ0) is 15.6. The Hall–Kier alpha value is -2.53. The lowest BCUT2D eigenvalue weighted by atomic mass is 10.3. The summed E-state index contributed by atoms with van der Waals surface area (Å²) in [6, 6.07) is 3.29. The molecule has 21 heavy (non-hydrogen) atoms. The third-order valence-electron chi connectivity index (χ3n) is 2.45. The summed E-state index contributed by atoms with van der Waals surface area (Å²) < 4.78 is 31.2. The Labute approximate surface area is 119 Å². The van der Waals surface area contributed by atoms with Crippen molar-refractivity contribution in [2.24, 2.45) is 0 Å². The van der Waals surface area contributed by atoms with Crippen LogP contribution in [0.3, 0.4) is 0 Å². The van der Waals surface area contributed by atoms with Crippen LogP contribution in [0.25, 0.3) is 0 Å². The van der Waals surface area contributed by atoms with Gasteiger partial charge in [0.15, 0.2) is 10.7 Å². The van der Waals surface area contributed by atoms with Gasteiger partial charge in [-0.3, -0.25) is 10.1 Å². The first-order valence-electron chi connectivity index (χ1n) is 5.62. The average molecular weight is 313 g/mol. The number of nitrogens with zero attached hydrogens (tertiary/aromatic N) is 3. The normalized spacial score (nSPS) is 11.5. The first-order valence-corrected chi connectivity index (χ1v) is 7.10. The molecule has 3 N–H and O–H groups in total. The molecule has 2 rings (SSSR count). The van der Waals surface area contributed by atoms with Crippen molar-refractivity contribution in [2.75, 3.05) is 5.73 Å². The van der Waals surface area contributed by atoms with Crippen molar-refractivity contribution in [3.63, 3.8) is 0 Å². The molecule has 112 valence electrons. The number of hydrogen-bond donors (Lipinski definition) is 2. The molecule has 0 spiro atoms. The lowest BCUT2D eigenvalue weighted by molar-refractivity contribution is -0.387. The van der Waals surface area contributed by atoms with Crippen LogP contribution in [-0.4, -0.2) is 23.5 Å². The van der Waals surface area contributed by atoms with Crippen LogP contribution in [0.2, 0.25) is 0 Å². The lowest BCUT2D eigenvalue weighted by Crippen LogP contribution is -2.24. The van der Waals surface area contributed by atoms with Gasteiger partial charge in [0, 0.05) is 11.8 Å². The van der Waals surface area contributed by atoms with Gasteiger partial charge in [-0.1, -0.05) is 5.16 Å². The quantitative estimate of drug-likeness (QED) is 0.455. The molecule has 0 radical (unpaired) electrons. The number of nitrogens with one attached hydrogen (secondary N) is 1. The van der Waals surface area contributed by atoms with Gasteiger partial charge in [0.25, 0.3) is 5.69 Å². The topological polar surface area (TPSA) is 154 Å². The molecule has 0 aliphatic carbocycles. The van der Waals surface area contributed by atoms with E-state index in [1.165, 1.54) is 6.07 Å². The molecular formula is C10H11N5O5S. The van der Waals surface area contributed by atoms with Crippen molar-refractivity contribution in [3.05, 3.63) is 40.0 Å². The lowest BCUT2D eigenvalue weighted by Gasteiger charge is -2.06. The molecule has 0 amide bonds. The van der Waals surface area contributed by atoms with Gasteiger partial charge >= 0.3 is 0 Å².